The van der Waals surface area contributed by atoms with Crippen molar-refractivity contribution in [2.45, 2.75) is 39.2 Å². The summed E-state index contributed by atoms with van der Waals surface area (Å²) in [7, 11) is 0. The second kappa shape index (κ2) is 7.74. The van der Waals surface area contributed by atoms with Gasteiger partial charge in [-0.2, -0.15) is 0 Å². The molecule has 0 aliphatic carbocycles. The average molecular weight is 299 g/mol. The zero-order valence-electron chi connectivity index (χ0n) is 13.1. The Hall–Kier alpha value is -2.16. The normalized spacial score (nSPS) is 12.0. The van der Waals surface area contributed by atoms with Crippen LogP contribution < -0.4 is 5.32 Å². The standard InChI is InChI=1S/C19H22FNO/c1-3-18(16-10-6-4-8-14(16)2)21-19(22)13-12-15-9-5-7-11-17(15)20/h4-11,18H,3,12-13H2,1-2H3,(H,21,22)/t18-/m1/s1. The molecule has 2 aromatic carbocycles. The molecule has 0 radical (unpaired) electrons. The minimum Gasteiger partial charge on any atom is -0.349 e. The molecule has 0 fully saturated rings. The van der Waals surface area contributed by atoms with Crippen molar-refractivity contribution in [3.63, 3.8) is 0 Å². The maximum atomic E-state index is 13.6. The molecule has 0 spiro atoms. The molecule has 0 saturated carbocycles. The molecule has 0 heterocycles. The van der Waals surface area contributed by atoms with E-state index in [9.17, 15) is 9.18 Å². The van der Waals surface area contributed by atoms with Crippen molar-refractivity contribution in [3.05, 3.63) is 71.0 Å². The monoisotopic (exact) mass is 299 g/mol. The van der Waals surface area contributed by atoms with E-state index in [1.807, 2.05) is 38.1 Å². The Bertz CT molecular complexity index is 639. The highest BCUT2D eigenvalue weighted by molar-refractivity contribution is 5.76. The quantitative estimate of drug-likeness (QED) is 0.845. The van der Waals surface area contributed by atoms with Gasteiger partial charge in [0.2, 0.25) is 5.91 Å². The van der Waals surface area contributed by atoms with Crippen molar-refractivity contribution in [2.75, 3.05) is 0 Å². The molecule has 1 N–H and O–H groups in total. The number of rotatable bonds is 6. The number of hydrogen-bond donors (Lipinski definition) is 1. The van der Waals surface area contributed by atoms with Crippen LogP contribution in [0, 0.1) is 12.7 Å². The van der Waals surface area contributed by atoms with Gasteiger partial charge in [0.1, 0.15) is 5.82 Å². The van der Waals surface area contributed by atoms with E-state index in [2.05, 4.69) is 5.32 Å². The summed E-state index contributed by atoms with van der Waals surface area (Å²) in [5, 5.41) is 3.05. The number of hydrogen-bond acceptors (Lipinski definition) is 1. The van der Waals surface area contributed by atoms with Crippen molar-refractivity contribution >= 4 is 5.91 Å². The van der Waals surface area contributed by atoms with E-state index < -0.39 is 0 Å². The number of halogens is 1. The average Bonchev–Trinajstić information content (AvgIpc) is 2.52. The predicted molar refractivity (Wildman–Crippen MR) is 87.1 cm³/mol. The fraction of sp³-hybridized carbons (Fsp3) is 0.316. The molecule has 3 heteroatoms. The lowest BCUT2D eigenvalue weighted by molar-refractivity contribution is -0.121. The molecule has 2 rings (SSSR count). The van der Waals surface area contributed by atoms with Gasteiger partial charge >= 0.3 is 0 Å². The molecule has 0 unspecified atom stereocenters. The summed E-state index contributed by atoms with van der Waals surface area (Å²) in [6.45, 7) is 4.09. The molecule has 116 valence electrons. The fourth-order valence-corrected chi connectivity index (χ4v) is 2.59. The zero-order chi connectivity index (χ0) is 15.9. The first kappa shape index (κ1) is 16.2. The molecule has 0 aliphatic rings. The Morgan fingerprint density at radius 2 is 1.82 bits per heavy atom. The van der Waals surface area contributed by atoms with Gasteiger partial charge in [-0.15, -0.1) is 0 Å². The van der Waals surface area contributed by atoms with Crippen LogP contribution in [0.1, 0.15) is 42.5 Å². The molecule has 1 amide bonds. The van der Waals surface area contributed by atoms with Gasteiger partial charge in [-0.1, -0.05) is 49.4 Å². The number of amides is 1. The minimum absolute atomic E-state index is 0.00863. The SMILES string of the molecule is CC[C@@H](NC(=O)CCc1ccccc1F)c1ccccc1C. The van der Waals surface area contributed by atoms with Gasteiger partial charge in [0.05, 0.1) is 6.04 Å². The molecule has 0 aliphatic heterocycles. The summed E-state index contributed by atoms with van der Waals surface area (Å²) in [6, 6.07) is 14.7. The number of carbonyl (C=O) groups is 1. The van der Waals surface area contributed by atoms with Gasteiger partial charge in [-0.3, -0.25) is 4.79 Å². The van der Waals surface area contributed by atoms with Crippen LogP contribution in [0.2, 0.25) is 0 Å². The minimum atomic E-state index is -0.249. The maximum Gasteiger partial charge on any atom is 0.220 e. The maximum absolute atomic E-state index is 13.6. The highest BCUT2D eigenvalue weighted by Crippen LogP contribution is 2.20. The van der Waals surface area contributed by atoms with Crippen molar-refractivity contribution in [1.82, 2.24) is 5.32 Å². The van der Waals surface area contributed by atoms with Gasteiger partial charge < -0.3 is 5.32 Å². The predicted octanol–water partition coefficient (Wildman–Crippen LogP) is 4.33. The summed E-state index contributed by atoms with van der Waals surface area (Å²) in [4.78, 5) is 12.1. The molecule has 0 aromatic heterocycles. The lowest BCUT2D eigenvalue weighted by atomic mass is 9.99. The Labute approximate surface area is 131 Å². The van der Waals surface area contributed by atoms with E-state index in [0.717, 1.165) is 12.0 Å². The lowest BCUT2D eigenvalue weighted by Crippen LogP contribution is -2.28. The molecule has 1 atom stereocenters. The Balaban J connectivity index is 1.96. The first-order valence-electron chi connectivity index (χ1n) is 7.70. The summed E-state index contributed by atoms with van der Waals surface area (Å²) in [5.74, 6) is -0.292. The molecule has 0 bridgehead atoms. The molecule has 0 saturated heterocycles. The van der Waals surface area contributed by atoms with E-state index in [4.69, 9.17) is 0 Å². The Morgan fingerprint density at radius 3 is 2.50 bits per heavy atom. The van der Waals surface area contributed by atoms with Gasteiger partial charge in [-0.05, 0) is 42.5 Å². The first-order valence-corrected chi connectivity index (χ1v) is 7.70. The zero-order valence-corrected chi connectivity index (χ0v) is 13.1. The molecular formula is C19H22FNO. The second-order valence-electron chi connectivity index (χ2n) is 5.48. The summed E-state index contributed by atoms with van der Waals surface area (Å²) in [5.41, 5.74) is 2.90. The largest absolute Gasteiger partial charge is 0.349 e. The highest BCUT2D eigenvalue weighted by atomic mass is 19.1. The van der Waals surface area contributed by atoms with Gasteiger partial charge in [0.25, 0.3) is 0 Å². The third-order valence-corrected chi connectivity index (χ3v) is 3.89. The van der Waals surface area contributed by atoms with Crippen LogP contribution in [0.3, 0.4) is 0 Å². The number of benzene rings is 2. The second-order valence-corrected chi connectivity index (χ2v) is 5.48. The van der Waals surface area contributed by atoms with Gasteiger partial charge in [-0.25, -0.2) is 4.39 Å². The number of aryl methyl sites for hydroxylation is 2. The van der Waals surface area contributed by atoms with Gasteiger partial charge in [0.15, 0.2) is 0 Å². The van der Waals surface area contributed by atoms with Crippen molar-refractivity contribution in [1.29, 1.82) is 0 Å². The van der Waals surface area contributed by atoms with Gasteiger partial charge in [0, 0.05) is 6.42 Å². The molecule has 2 nitrogen and oxygen atoms in total. The van der Waals surface area contributed by atoms with Crippen LogP contribution in [-0.4, -0.2) is 5.91 Å². The number of nitrogens with one attached hydrogen (secondary N) is 1. The Morgan fingerprint density at radius 1 is 1.14 bits per heavy atom. The van der Waals surface area contributed by atoms with E-state index in [0.29, 0.717) is 18.4 Å². The van der Waals surface area contributed by atoms with Crippen LogP contribution in [0.25, 0.3) is 0 Å². The number of carbonyl (C=O) groups excluding carboxylic acids is 1. The van der Waals surface area contributed by atoms with Crippen LogP contribution in [-0.2, 0) is 11.2 Å². The summed E-state index contributed by atoms with van der Waals surface area (Å²) < 4.78 is 13.6. The third-order valence-electron chi connectivity index (χ3n) is 3.89. The molecule has 22 heavy (non-hydrogen) atoms. The first-order chi connectivity index (χ1) is 10.6. The summed E-state index contributed by atoms with van der Waals surface area (Å²) >= 11 is 0. The van der Waals surface area contributed by atoms with Crippen LogP contribution >= 0.6 is 0 Å². The topological polar surface area (TPSA) is 29.1 Å². The summed E-state index contributed by atoms with van der Waals surface area (Å²) in [6.07, 6.45) is 1.54. The highest BCUT2D eigenvalue weighted by Gasteiger charge is 2.14. The van der Waals surface area contributed by atoms with E-state index in [1.165, 1.54) is 11.6 Å². The fourth-order valence-electron chi connectivity index (χ4n) is 2.59. The van der Waals surface area contributed by atoms with E-state index >= 15 is 0 Å². The Kier molecular flexibility index (Phi) is 5.70. The van der Waals surface area contributed by atoms with Crippen molar-refractivity contribution in [2.24, 2.45) is 0 Å². The smallest absolute Gasteiger partial charge is 0.220 e. The van der Waals surface area contributed by atoms with Crippen molar-refractivity contribution < 1.29 is 9.18 Å². The van der Waals surface area contributed by atoms with Crippen molar-refractivity contribution in [3.8, 4) is 0 Å². The molecule has 2 aromatic rings. The third kappa shape index (κ3) is 4.17. The van der Waals surface area contributed by atoms with Crippen LogP contribution in [0.4, 0.5) is 4.39 Å². The lowest BCUT2D eigenvalue weighted by Gasteiger charge is -2.19. The van der Waals surface area contributed by atoms with E-state index in [1.54, 1.807) is 18.2 Å². The van der Waals surface area contributed by atoms with Crippen LogP contribution in [0.5, 0.6) is 0 Å². The molecular weight excluding hydrogens is 277 g/mol. The van der Waals surface area contributed by atoms with E-state index in [-0.39, 0.29) is 17.8 Å². The van der Waals surface area contributed by atoms with Crippen LogP contribution in [0.15, 0.2) is 48.5 Å².